The molecule has 2 rings (SSSR count). The lowest BCUT2D eigenvalue weighted by atomic mass is 10.4. The van der Waals surface area contributed by atoms with Crippen LogP contribution in [0.5, 0.6) is 0 Å². The summed E-state index contributed by atoms with van der Waals surface area (Å²) >= 11 is 0. The minimum atomic E-state index is 0. The predicted molar refractivity (Wildman–Crippen MR) is 38.0 cm³/mol. The van der Waals surface area contributed by atoms with Gasteiger partial charge in [-0.3, -0.25) is 0 Å². The van der Waals surface area contributed by atoms with E-state index in [9.17, 15) is 0 Å². The average Bonchev–Trinajstić information content (AvgIpc) is 2.36. The van der Waals surface area contributed by atoms with Crippen molar-refractivity contribution in [2.75, 3.05) is 13.2 Å². The molecule has 2 fully saturated rings. The van der Waals surface area contributed by atoms with Crippen molar-refractivity contribution >= 4 is 12.4 Å². The molecule has 0 amide bonds. The zero-order valence-corrected chi connectivity index (χ0v) is 6.12. The number of rotatable bonds is 0. The minimum Gasteiger partial charge on any atom is -0.376 e. The van der Waals surface area contributed by atoms with Crippen molar-refractivity contribution in [2.45, 2.75) is 25.0 Å². The zero-order valence-electron chi connectivity index (χ0n) is 5.30. The smallest absolute Gasteiger partial charge is 0.0744 e. The highest BCUT2D eigenvalue weighted by atomic mass is 35.5. The largest absolute Gasteiger partial charge is 0.376 e. The van der Waals surface area contributed by atoms with E-state index < -0.39 is 0 Å². The van der Waals surface area contributed by atoms with Crippen LogP contribution in [0.3, 0.4) is 0 Å². The average molecular weight is 150 g/mol. The first-order valence-corrected chi connectivity index (χ1v) is 3.32. The molecule has 0 aromatic carbocycles. The first-order chi connectivity index (χ1) is 3.97. The van der Waals surface area contributed by atoms with Gasteiger partial charge in [-0.15, -0.1) is 12.4 Å². The second-order valence-corrected chi connectivity index (χ2v) is 2.56. The van der Waals surface area contributed by atoms with Gasteiger partial charge in [0.2, 0.25) is 0 Å². The number of halogens is 1. The van der Waals surface area contributed by atoms with Crippen molar-refractivity contribution in [2.24, 2.45) is 0 Å². The molecule has 2 unspecified atom stereocenters. The SMILES string of the molecule is C1CNC2CC2OC1.Cl. The van der Waals surface area contributed by atoms with Gasteiger partial charge in [-0.2, -0.15) is 0 Å². The van der Waals surface area contributed by atoms with E-state index in [2.05, 4.69) is 5.32 Å². The van der Waals surface area contributed by atoms with E-state index in [1.54, 1.807) is 0 Å². The van der Waals surface area contributed by atoms with Crippen molar-refractivity contribution in [3.8, 4) is 0 Å². The fourth-order valence-corrected chi connectivity index (χ4v) is 1.17. The van der Waals surface area contributed by atoms with Crippen molar-refractivity contribution in [3.05, 3.63) is 0 Å². The number of hydrogen-bond acceptors (Lipinski definition) is 2. The Morgan fingerprint density at radius 2 is 2.33 bits per heavy atom. The highest BCUT2D eigenvalue weighted by Gasteiger charge is 2.38. The van der Waals surface area contributed by atoms with Gasteiger partial charge in [-0.1, -0.05) is 0 Å². The molecule has 0 bridgehead atoms. The lowest BCUT2D eigenvalue weighted by Gasteiger charge is -1.94. The van der Waals surface area contributed by atoms with Crippen LogP contribution in [0.1, 0.15) is 12.8 Å². The second kappa shape index (κ2) is 2.86. The minimum absolute atomic E-state index is 0. The van der Waals surface area contributed by atoms with E-state index in [0.717, 1.165) is 19.2 Å². The molecular weight excluding hydrogens is 138 g/mol. The third-order valence-electron chi connectivity index (χ3n) is 1.79. The molecule has 2 aliphatic rings. The fourth-order valence-electron chi connectivity index (χ4n) is 1.17. The number of nitrogens with one attached hydrogen (secondary N) is 1. The van der Waals surface area contributed by atoms with Crippen LogP contribution in [-0.4, -0.2) is 25.3 Å². The first-order valence-electron chi connectivity index (χ1n) is 3.32. The summed E-state index contributed by atoms with van der Waals surface area (Å²) < 4.78 is 5.41. The van der Waals surface area contributed by atoms with Crippen molar-refractivity contribution in [1.29, 1.82) is 0 Å². The standard InChI is InChI=1S/C6H11NO.ClH/c1-2-7-5-4-6(5)8-3-1;/h5-7H,1-4H2;1H. The Morgan fingerprint density at radius 1 is 1.44 bits per heavy atom. The summed E-state index contributed by atoms with van der Waals surface area (Å²) in [5.74, 6) is 0. The molecule has 54 valence electrons. The van der Waals surface area contributed by atoms with Gasteiger partial charge in [-0.05, 0) is 19.4 Å². The summed E-state index contributed by atoms with van der Waals surface area (Å²) in [4.78, 5) is 0. The Balaban J connectivity index is 0.000000405. The van der Waals surface area contributed by atoms with Crippen LogP contribution in [-0.2, 0) is 4.74 Å². The molecular formula is C6H12ClNO. The Bertz CT molecular complexity index is 89.1. The van der Waals surface area contributed by atoms with E-state index in [4.69, 9.17) is 4.74 Å². The molecule has 0 radical (unpaired) electrons. The summed E-state index contributed by atoms with van der Waals surface area (Å²) in [6.07, 6.45) is 3.02. The summed E-state index contributed by atoms with van der Waals surface area (Å²) in [6.45, 7) is 2.12. The van der Waals surface area contributed by atoms with Crippen LogP contribution in [0.25, 0.3) is 0 Å². The van der Waals surface area contributed by atoms with Gasteiger partial charge < -0.3 is 10.1 Å². The zero-order chi connectivity index (χ0) is 5.40. The van der Waals surface area contributed by atoms with Crippen LogP contribution >= 0.6 is 12.4 Å². The maximum atomic E-state index is 5.41. The molecule has 1 heterocycles. The molecule has 9 heavy (non-hydrogen) atoms. The van der Waals surface area contributed by atoms with Gasteiger partial charge in [-0.25, -0.2) is 0 Å². The molecule has 1 saturated heterocycles. The molecule has 0 spiro atoms. The van der Waals surface area contributed by atoms with E-state index in [0.29, 0.717) is 6.10 Å². The molecule has 0 aromatic heterocycles. The summed E-state index contributed by atoms with van der Waals surface area (Å²) in [6, 6.07) is 0.720. The van der Waals surface area contributed by atoms with Crippen LogP contribution < -0.4 is 5.32 Å². The molecule has 1 aliphatic heterocycles. The molecule has 0 aromatic rings. The van der Waals surface area contributed by atoms with Gasteiger partial charge in [0.05, 0.1) is 6.10 Å². The predicted octanol–water partition coefficient (Wildman–Crippen LogP) is 0.559. The van der Waals surface area contributed by atoms with Crippen molar-refractivity contribution < 1.29 is 4.74 Å². The molecule has 1 N–H and O–H groups in total. The third-order valence-corrected chi connectivity index (χ3v) is 1.79. The lowest BCUT2D eigenvalue weighted by molar-refractivity contribution is 0.123. The van der Waals surface area contributed by atoms with Crippen LogP contribution in [0.2, 0.25) is 0 Å². The summed E-state index contributed by atoms with van der Waals surface area (Å²) in [5.41, 5.74) is 0. The Hall–Kier alpha value is 0.210. The maximum Gasteiger partial charge on any atom is 0.0744 e. The maximum absolute atomic E-state index is 5.41. The first kappa shape index (κ1) is 7.32. The monoisotopic (exact) mass is 149 g/mol. The van der Waals surface area contributed by atoms with Crippen LogP contribution in [0.4, 0.5) is 0 Å². The highest BCUT2D eigenvalue weighted by molar-refractivity contribution is 5.85. The quantitative estimate of drug-likeness (QED) is 0.544. The number of ether oxygens (including phenoxy) is 1. The summed E-state index contributed by atoms with van der Waals surface area (Å²) in [5, 5.41) is 3.39. The molecule has 2 atom stereocenters. The fraction of sp³-hybridized carbons (Fsp3) is 1.00. The lowest BCUT2D eigenvalue weighted by Crippen LogP contribution is -2.18. The number of fused-ring (bicyclic) bond motifs is 1. The molecule has 1 saturated carbocycles. The van der Waals surface area contributed by atoms with Gasteiger partial charge in [0.1, 0.15) is 0 Å². The van der Waals surface area contributed by atoms with Crippen LogP contribution in [0.15, 0.2) is 0 Å². The topological polar surface area (TPSA) is 21.3 Å². The molecule has 2 nitrogen and oxygen atoms in total. The normalized spacial score (nSPS) is 40.0. The van der Waals surface area contributed by atoms with Gasteiger partial charge >= 0.3 is 0 Å². The highest BCUT2D eigenvalue weighted by Crippen LogP contribution is 2.26. The van der Waals surface area contributed by atoms with Crippen molar-refractivity contribution in [1.82, 2.24) is 5.32 Å². The second-order valence-electron chi connectivity index (χ2n) is 2.56. The van der Waals surface area contributed by atoms with Crippen LogP contribution in [0, 0.1) is 0 Å². The third kappa shape index (κ3) is 1.57. The molecule has 1 aliphatic carbocycles. The molecule has 3 heteroatoms. The van der Waals surface area contributed by atoms with E-state index in [1.165, 1.54) is 12.8 Å². The van der Waals surface area contributed by atoms with E-state index in [-0.39, 0.29) is 12.4 Å². The van der Waals surface area contributed by atoms with Gasteiger partial charge in [0, 0.05) is 12.6 Å². The van der Waals surface area contributed by atoms with Gasteiger partial charge in [0.25, 0.3) is 0 Å². The van der Waals surface area contributed by atoms with E-state index >= 15 is 0 Å². The Kier molecular flexibility index (Phi) is 2.33. The Morgan fingerprint density at radius 3 is 3.22 bits per heavy atom. The summed E-state index contributed by atoms with van der Waals surface area (Å²) in [7, 11) is 0. The number of hydrogen-bond donors (Lipinski definition) is 1. The van der Waals surface area contributed by atoms with E-state index in [1.807, 2.05) is 0 Å². The van der Waals surface area contributed by atoms with Crippen molar-refractivity contribution in [3.63, 3.8) is 0 Å². The Labute approximate surface area is 61.4 Å². The van der Waals surface area contributed by atoms with Gasteiger partial charge in [0.15, 0.2) is 0 Å².